The van der Waals surface area contributed by atoms with Gasteiger partial charge in [-0.25, -0.2) is 4.39 Å². The molecule has 1 rings (SSSR count). The minimum atomic E-state index is -0.843. The first-order valence-electron chi connectivity index (χ1n) is 2.95. The highest BCUT2D eigenvalue weighted by Crippen LogP contribution is 2.34. The Labute approximate surface area is 89.2 Å². The van der Waals surface area contributed by atoms with E-state index in [0.717, 1.165) is 0 Å². The maximum absolute atomic E-state index is 13.0. The van der Waals surface area contributed by atoms with Gasteiger partial charge in [0.05, 0.1) is 10.0 Å². The average Bonchev–Trinajstić information content (AvgIpc) is 2.00. The second-order valence-electron chi connectivity index (χ2n) is 2.07. The molecule has 0 aliphatic heterocycles. The van der Waals surface area contributed by atoms with Gasteiger partial charge < -0.3 is 0 Å². The summed E-state index contributed by atoms with van der Waals surface area (Å²) in [5.41, 5.74) is 0.321. The first-order valence-corrected chi connectivity index (χ1v) is 4.58. The van der Waals surface area contributed by atoms with Crippen molar-refractivity contribution in [2.75, 3.05) is 0 Å². The van der Waals surface area contributed by atoms with Crippen molar-refractivity contribution in [3.05, 3.63) is 33.6 Å². The van der Waals surface area contributed by atoms with Crippen LogP contribution in [0.1, 0.15) is 10.4 Å². The molecule has 0 fully saturated rings. The third-order valence-corrected chi connectivity index (χ3v) is 2.45. The summed E-state index contributed by atoms with van der Waals surface area (Å²) >= 11 is 22.0. The molecule has 12 heavy (non-hydrogen) atoms. The van der Waals surface area contributed by atoms with Crippen LogP contribution in [-0.2, 0) is 0 Å². The minimum absolute atomic E-state index is 0.0438. The van der Waals surface area contributed by atoms with Crippen LogP contribution in [0.15, 0.2) is 12.1 Å². The van der Waals surface area contributed by atoms with Crippen LogP contribution in [0.25, 0.3) is 0 Å². The van der Waals surface area contributed by atoms with Crippen LogP contribution in [0.2, 0.25) is 10.0 Å². The number of hydrogen-bond donors (Lipinski definition) is 0. The van der Waals surface area contributed by atoms with Crippen molar-refractivity contribution in [1.29, 1.82) is 0 Å². The first kappa shape index (κ1) is 10.4. The van der Waals surface area contributed by atoms with Gasteiger partial charge in [-0.15, -0.1) is 23.2 Å². The van der Waals surface area contributed by atoms with Crippen molar-refractivity contribution in [3.8, 4) is 0 Å². The van der Waals surface area contributed by atoms with Crippen molar-refractivity contribution in [2.24, 2.45) is 0 Å². The monoisotopic (exact) mass is 246 g/mol. The first-order chi connectivity index (χ1) is 5.54. The van der Waals surface area contributed by atoms with E-state index >= 15 is 0 Å². The maximum Gasteiger partial charge on any atom is 0.160 e. The van der Waals surface area contributed by atoms with E-state index < -0.39 is 10.7 Å². The molecule has 66 valence electrons. The van der Waals surface area contributed by atoms with Crippen molar-refractivity contribution >= 4 is 46.4 Å². The normalized spacial score (nSPS) is 10.8. The lowest BCUT2D eigenvalue weighted by molar-refractivity contribution is 0.627. The van der Waals surface area contributed by atoms with Crippen LogP contribution in [-0.4, -0.2) is 0 Å². The number of rotatable bonds is 1. The Balaban J connectivity index is 3.27. The van der Waals surface area contributed by atoms with Crippen LogP contribution in [0.4, 0.5) is 4.39 Å². The molecule has 0 spiro atoms. The molecule has 0 saturated heterocycles. The SMILES string of the molecule is Fc1c(Cl)ccc(C(Cl)Cl)c1Cl. The van der Waals surface area contributed by atoms with E-state index in [0.29, 0.717) is 5.56 Å². The van der Waals surface area contributed by atoms with Gasteiger partial charge >= 0.3 is 0 Å². The van der Waals surface area contributed by atoms with Gasteiger partial charge in [0.15, 0.2) is 5.82 Å². The Bertz CT molecular complexity index is 298. The van der Waals surface area contributed by atoms with Crippen LogP contribution in [0, 0.1) is 5.82 Å². The Morgan fingerprint density at radius 3 is 2.25 bits per heavy atom. The van der Waals surface area contributed by atoms with E-state index in [4.69, 9.17) is 46.4 Å². The van der Waals surface area contributed by atoms with Crippen molar-refractivity contribution in [3.63, 3.8) is 0 Å². The maximum atomic E-state index is 13.0. The molecule has 0 bridgehead atoms. The molecule has 0 aliphatic carbocycles. The lowest BCUT2D eigenvalue weighted by Gasteiger charge is -2.05. The van der Waals surface area contributed by atoms with Gasteiger partial charge in [-0.3, -0.25) is 0 Å². The molecule has 0 N–H and O–H groups in total. The van der Waals surface area contributed by atoms with Gasteiger partial charge in [0.2, 0.25) is 0 Å². The molecule has 0 atom stereocenters. The standard InChI is InChI=1S/C7H3Cl4F/c8-4-2-1-3(7(10)11)5(9)6(4)12/h1-2,7H. The molecular formula is C7H3Cl4F. The lowest BCUT2D eigenvalue weighted by atomic mass is 10.2. The number of alkyl halides is 2. The number of benzene rings is 1. The number of hydrogen-bond acceptors (Lipinski definition) is 0. The summed E-state index contributed by atoms with van der Waals surface area (Å²) < 4.78 is 13.0. The van der Waals surface area contributed by atoms with E-state index in [2.05, 4.69) is 0 Å². The summed E-state index contributed by atoms with van der Waals surface area (Å²) in [6.45, 7) is 0. The second kappa shape index (κ2) is 4.01. The van der Waals surface area contributed by atoms with Gasteiger partial charge in [0.1, 0.15) is 4.84 Å². The summed E-state index contributed by atoms with van der Waals surface area (Å²) in [5, 5.41) is -0.171. The fourth-order valence-corrected chi connectivity index (χ4v) is 1.66. The highest BCUT2D eigenvalue weighted by atomic mass is 35.5. The summed E-state index contributed by atoms with van der Waals surface area (Å²) in [6, 6.07) is 2.84. The summed E-state index contributed by atoms with van der Waals surface area (Å²) in [4.78, 5) is -0.843. The molecule has 1 aromatic rings. The highest BCUT2D eigenvalue weighted by Gasteiger charge is 2.14. The van der Waals surface area contributed by atoms with Gasteiger partial charge in [0, 0.05) is 5.56 Å². The quantitative estimate of drug-likeness (QED) is 0.502. The molecular weight excluding hydrogens is 245 g/mol. The van der Waals surface area contributed by atoms with Gasteiger partial charge in [-0.05, 0) is 6.07 Å². The zero-order valence-electron chi connectivity index (χ0n) is 5.62. The van der Waals surface area contributed by atoms with Gasteiger partial charge in [-0.2, -0.15) is 0 Å². The predicted molar refractivity (Wildman–Crippen MR) is 50.9 cm³/mol. The van der Waals surface area contributed by atoms with E-state index in [1.54, 1.807) is 0 Å². The Kier molecular flexibility index (Phi) is 3.47. The molecule has 0 nitrogen and oxygen atoms in total. The fourth-order valence-electron chi connectivity index (χ4n) is 0.709. The average molecular weight is 248 g/mol. The Morgan fingerprint density at radius 2 is 1.75 bits per heavy atom. The lowest BCUT2D eigenvalue weighted by Crippen LogP contribution is -1.88. The van der Waals surface area contributed by atoms with E-state index in [9.17, 15) is 4.39 Å². The minimum Gasteiger partial charge on any atom is -0.204 e. The van der Waals surface area contributed by atoms with Crippen LogP contribution >= 0.6 is 46.4 Å². The smallest absolute Gasteiger partial charge is 0.160 e. The molecule has 0 unspecified atom stereocenters. The molecule has 5 heteroatoms. The van der Waals surface area contributed by atoms with Crippen LogP contribution in [0.3, 0.4) is 0 Å². The molecule has 0 saturated carbocycles. The molecule has 0 heterocycles. The topological polar surface area (TPSA) is 0 Å². The second-order valence-corrected chi connectivity index (χ2v) is 3.95. The van der Waals surface area contributed by atoms with Crippen molar-refractivity contribution < 1.29 is 4.39 Å². The van der Waals surface area contributed by atoms with Crippen molar-refractivity contribution in [1.82, 2.24) is 0 Å². The van der Waals surface area contributed by atoms with Gasteiger partial charge in [0.25, 0.3) is 0 Å². The van der Waals surface area contributed by atoms with Crippen LogP contribution in [0.5, 0.6) is 0 Å². The predicted octanol–water partition coefficient (Wildman–Crippen LogP) is 4.61. The molecule has 0 amide bonds. The molecule has 1 aromatic carbocycles. The van der Waals surface area contributed by atoms with E-state index in [1.165, 1.54) is 12.1 Å². The molecule has 0 aliphatic rings. The summed E-state index contributed by atoms with van der Waals surface area (Å²) in [6.07, 6.45) is 0. The van der Waals surface area contributed by atoms with E-state index in [1.807, 2.05) is 0 Å². The summed E-state index contributed by atoms with van der Waals surface area (Å²) in [7, 11) is 0. The van der Waals surface area contributed by atoms with E-state index in [-0.39, 0.29) is 10.0 Å². The molecule has 0 aromatic heterocycles. The zero-order valence-corrected chi connectivity index (χ0v) is 8.65. The van der Waals surface area contributed by atoms with Crippen molar-refractivity contribution in [2.45, 2.75) is 4.84 Å². The Morgan fingerprint density at radius 1 is 1.17 bits per heavy atom. The zero-order chi connectivity index (χ0) is 9.30. The molecule has 0 radical (unpaired) electrons. The van der Waals surface area contributed by atoms with Gasteiger partial charge in [-0.1, -0.05) is 29.3 Å². The Hall–Kier alpha value is 0.310. The number of halogens is 5. The van der Waals surface area contributed by atoms with Crippen LogP contribution < -0.4 is 0 Å². The summed E-state index contributed by atoms with van der Waals surface area (Å²) in [5.74, 6) is -0.692. The largest absolute Gasteiger partial charge is 0.204 e. The highest BCUT2D eigenvalue weighted by molar-refractivity contribution is 6.45. The third-order valence-electron chi connectivity index (χ3n) is 1.30. The third kappa shape index (κ3) is 1.97. The fraction of sp³-hybridized carbons (Fsp3) is 0.143.